The normalized spacial score (nSPS) is 10.6. The first-order valence-corrected chi connectivity index (χ1v) is 10.2. The third kappa shape index (κ3) is 6.18. The minimum absolute atomic E-state index is 0.0121. The molecule has 0 aliphatic carbocycles. The molecule has 31 heavy (non-hydrogen) atoms. The molecular formula is C24H25NO6. The number of amides is 1. The Hall–Kier alpha value is -3.61. The van der Waals surface area contributed by atoms with Crippen molar-refractivity contribution in [1.82, 2.24) is 0 Å². The average Bonchev–Trinajstić information content (AvgIpc) is 3.14. The molecule has 0 fully saturated rings. The second-order valence-electron chi connectivity index (χ2n) is 7.21. The largest absolute Gasteiger partial charge is 0.464 e. The standard InChI is InChI=1S/C24H25NO6/c1-3-4-11-29-24(28)17-6-8-19(9-7-17)25-22(26)15-31-23(27)13-18-14-30-21-12-16(2)5-10-20(18)21/h5-10,12,14H,3-4,11,13,15H2,1-2H3,(H,25,26). The summed E-state index contributed by atoms with van der Waals surface area (Å²) >= 11 is 0. The average molecular weight is 423 g/mol. The SMILES string of the molecule is CCCCOC(=O)c1ccc(NC(=O)COC(=O)Cc2coc3cc(C)ccc23)cc1. The van der Waals surface area contributed by atoms with E-state index < -0.39 is 24.5 Å². The van der Waals surface area contributed by atoms with Gasteiger partial charge in [0.25, 0.3) is 5.91 Å². The van der Waals surface area contributed by atoms with Crippen molar-refractivity contribution >= 4 is 34.5 Å². The number of carbonyl (C=O) groups excluding carboxylic acids is 3. The van der Waals surface area contributed by atoms with Crippen LogP contribution in [0.4, 0.5) is 5.69 Å². The summed E-state index contributed by atoms with van der Waals surface area (Å²) in [5.41, 5.74) is 3.37. The van der Waals surface area contributed by atoms with E-state index in [1.165, 1.54) is 6.26 Å². The van der Waals surface area contributed by atoms with Crippen LogP contribution in [0.5, 0.6) is 0 Å². The van der Waals surface area contributed by atoms with Gasteiger partial charge in [0.05, 0.1) is 24.9 Å². The van der Waals surface area contributed by atoms with Gasteiger partial charge in [-0.2, -0.15) is 0 Å². The molecule has 0 spiro atoms. The monoisotopic (exact) mass is 423 g/mol. The Labute approximate surface area is 180 Å². The number of ether oxygens (including phenoxy) is 2. The molecule has 7 heteroatoms. The van der Waals surface area contributed by atoms with E-state index in [9.17, 15) is 14.4 Å². The highest BCUT2D eigenvalue weighted by Crippen LogP contribution is 2.23. The molecule has 1 heterocycles. The van der Waals surface area contributed by atoms with Gasteiger partial charge < -0.3 is 19.2 Å². The van der Waals surface area contributed by atoms with E-state index in [0.29, 0.717) is 29.0 Å². The number of hydrogen-bond donors (Lipinski definition) is 1. The molecule has 2 aromatic carbocycles. The van der Waals surface area contributed by atoms with Gasteiger partial charge in [0.1, 0.15) is 5.58 Å². The second kappa shape index (κ2) is 10.4. The first-order valence-electron chi connectivity index (χ1n) is 10.2. The predicted molar refractivity (Wildman–Crippen MR) is 116 cm³/mol. The minimum atomic E-state index is -0.524. The second-order valence-corrected chi connectivity index (χ2v) is 7.21. The summed E-state index contributed by atoms with van der Waals surface area (Å²) in [6.45, 7) is 3.95. The third-order valence-corrected chi connectivity index (χ3v) is 4.65. The van der Waals surface area contributed by atoms with Crippen molar-refractivity contribution in [1.29, 1.82) is 0 Å². The topological polar surface area (TPSA) is 94.8 Å². The van der Waals surface area contributed by atoms with Crippen LogP contribution in [0.15, 0.2) is 53.1 Å². The number of aryl methyl sites for hydroxylation is 1. The lowest BCUT2D eigenvalue weighted by atomic mass is 10.1. The molecule has 0 atom stereocenters. The molecule has 0 unspecified atom stereocenters. The van der Waals surface area contributed by atoms with Gasteiger partial charge in [-0.25, -0.2) is 4.79 Å². The maximum Gasteiger partial charge on any atom is 0.338 e. The minimum Gasteiger partial charge on any atom is -0.464 e. The van der Waals surface area contributed by atoms with Gasteiger partial charge in [0.2, 0.25) is 0 Å². The maximum atomic E-state index is 12.1. The number of carbonyl (C=O) groups is 3. The highest BCUT2D eigenvalue weighted by Gasteiger charge is 2.14. The lowest BCUT2D eigenvalue weighted by molar-refractivity contribution is -0.146. The van der Waals surface area contributed by atoms with Crippen LogP contribution in [-0.4, -0.2) is 31.1 Å². The van der Waals surface area contributed by atoms with Crippen LogP contribution in [0.2, 0.25) is 0 Å². The van der Waals surface area contributed by atoms with E-state index in [-0.39, 0.29) is 6.42 Å². The number of hydrogen-bond acceptors (Lipinski definition) is 6. The van der Waals surface area contributed by atoms with Crippen LogP contribution >= 0.6 is 0 Å². The lowest BCUT2D eigenvalue weighted by Crippen LogP contribution is -2.21. The lowest BCUT2D eigenvalue weighted by Gasteiger charge is -2.08. The Kier molecular flexibility index (Phi) is 7.43. The van der Waals surface area contributed by atoms with Gasteiger partial charge in [-0.15, -0.1) is 0 Å². The summed E-state index contributed by atoms with van der Waals surface area (Å²) in [4.78, 5) is 36.1. The summed E-state index contributed by atoms with van der Waals surface area (Å²) < 4.78 is 15.7. The molecule has 162 valence electrons. The van der Waals surface area contributed by atoms with Crippen LogP contribution in [0.3, 0.4) is 0 Å². The Bertz CT molecular complexity index is 1070. The van der Waals surface area contributed by atoms with Crippen molar-refractivity contribution in [2.24, 2.45) is 0 Å². The van der Waals surface area contributed by atoms with Crippen molar-refractivity contribution in [3.63, 3.8) is 0 Å². The fourth-order valence-electron chi connectivity index (χ4n) is 2.96. The van der Waals surface area contributed by atoms with Gasteiger partial charge >= 0.3 is 11.9 Å². The zero-order chi connectivity index (χ0) is 22.2. The molecule has 0 saturated heterocycles. The summed E-state index contributed by atoms with van der Waals surface area (Å²) in [6, 6.07) is 12.1. The molecule has 3 aromatic rings. The molecule has 1 amide bonds. The zero-order valence-corrected chi connectivity index (χ0v) is 17.6. The van der Waals surface area contributed by atoms with E-state index in [0.717, 1.165) is 23.8 Å². The number of anilines is 1. The van der Waals surface area contributed by atoms with Gasteiger partial charge in [0.15, 0.2) is 6.61 Å². The summed E-state index contributed by atoms with van der Waals surface area (Å²) in [7, 11) is 0. The van der Waals surface area contributed by atoms with Crippen molar-refractivity contribution in [2.75, 3.05) is 18.5 Å². The third-order valence-electron chi connectivity index (χ3n) is 4.65. The van der Waals surface area contributed by atoms with E-state index in [4.69, 9.17) is 13.9 Å². The Morgan fingerprint density at radius 1 is 1.03 bits per heavy atom. The highest BCUT2D eigenvalue weighted by atomic mass is 16.5. The first-order chi connectivity index (χ1) is 15.0. The molecule has 7 nitrogen and oxygen atoms in total. The quantitative estimate of drug-likeness (QED) is 0.404. The molecular weight excluding hydrogens is 398 g/mol. The highest BCUT2D eigenvalue weighted by molar-refractivity contribution is 5.94. The first kappa shape index (κ1) is 22.1. The van der Waals surface area contributed by atoms with Crippen molar-refractivity contribution in [2.45, 2.75) is 33.1 Å². The van der Waals surface area contributed by atoms with Gasteiger partial charge in [0, 0.05) is 16.6 Å². The van der Waals surface area contributed by atoms with Crippen molar-refractivity contribution < 1.29 is 28.3 Å². The number of rotatable bonds is 9. The molecule has 0 aliphatic rings. The molecule has 1 aromatic heterocycles. The number of fused-ring (bicyclic) bond motifs is 1. The van der Waals surface area contributed by atoms with Gasteiger partial charge in [-0.1, -0.05) is 25.5 Å². The van der Waals surface area contributed by atoms with E-state index in [1.54, 1.807) is 24.3 Å². The maximum absolute atomic E-state index is 12.1. The molecule has 1 N–H and O–H groups in total. The van der Waals surface area contributed by atoms with E-state index >= 15 is 0 Å². The number of nitrogens with one attached hydrogen (secondary N) is 1. The smallest absolute Gasteiger partial charge is 0.338 e. The van der Waals surface area contributed by atoms with Crippen molar-refractivity contribution in [3.05, 3.63) is 65.4 Å². The zero-order valence-electron chi connectivity index (χ0n) is 17.6. The number of unbranched alkanes of at least 4 members (excludes halogenated alkanes) is 1. The Morgan fingerprint density at radius 3 is 2.55 bits per heavy atom. The molecule has 0 saturated carbocycles. The van der Waals surface area contributed by atoms with Crippen LogP contribution in [0.25, 0.3) is 11.0 Å². The van der Waals surface area contributed by atoms with Crippen LogP contribution in [0, 0.1) is 6.92 Å². The summed E-state index contributed by atoms with van der Waals surface area (Å²) in [6.07, 6.45) is 3.30. The number of furan rings is 1. The molecule has 0 radical (unpaired) electrons. The van der Waals surface area contributed by atoms with Gasteiger partial charge in [-0.05, 0) is 49.2 Å². The molecule has 0 bridgehead atoms. The molecule has 3 rings (SSSR count). The number of esters is 2. The van der Waals surface area contributed by atoms with Crippen LogP contribution < -0.4 is 5.32 Å². The van der Waals surface area contributed by atoms with E-state index in [1.807, 2.05) is 32.0 Å². The Balaban J connectivity index is 1.46. The van der Waals surface area contributed by atoms with Crippen molar-refractivity contribution in [3.8, 4) is 0 Å². The Morgan fingerprint density at radius 2 is 1.81 bits per heavy atom. The summed E-state index contributed by atoms with van der Waals surface area (Å²) in [5, 5.41) is 3.47. The molecule has 0 aliphatic heterocycles. The fourth-order valence-corrected chi connectivity index (χ4v) is 2.96. The van der Waals surface area contributed by atoms with Crippen LogP contribution in [0.1, 0.15) is 41.3 Å². The number of benzene rings is 2. The fraction of sp³-hybridized carbons (Fsp3) is 0.292. The van der Waals surface area contributed by atoms with Gasteiger partial charge in [-0.3, -0.25) is 9.59 Å². The van der Waals surface area contributed by atoms with Crippen LogP contribution in [-0.2, 0) is 25.5 Å². The predicted octanol–water partition coefficient (Wildman–Crippen LogP) is 4.42. The summed E-state index contributed by atoms with van der Waals surface area (Å²) in [5.74, 6) is -1.40. The van der Waals surface area contributed by atoms with E-state index in [2.05, 4.69) is 5.32 Å².